The molecule has 0 saturated carbocycles. The Labute approximate surface area is 262 Å². The molecular weight excluding hydrogens is 522 g/mol. The van der Waals surface area contributed by atoms with E-state index in [4.69, 9.17) is 14.9 Å². The van der Waals surface area contributed by atoms with E-state index in [2.05, 4.69) is 36.4 Å². The topological polar surface area (TPSA) is 26.0 Å². The number of hydrogen-bond acceptors (Lipinski definition) is 2. The van der Waals surface area contributed by atoms with Crippen LogP contribution in [0.4, 0.5) is 0 Å². The van der Waals surface area contributed by atoms with Crippen LogP contribution in [0.3, 0.4) is 0 Å². The molecule has 0 atom stereocenters. The summed E-state index contributed by atoms with van der Waals surface area (Å²) in [6, 6.07) is 28.2. The molecule has 7 aromatic rings. The van der Waals surface area contributed by atoms with Crippen molar-refractivity contribution in [3.8, 4) is 22.4 Å². The van der Waals surface area contributed by atoms with Crippen molar-refractivity contribution in [2.75, 3.05) is 0 Å². The maximum absolute atomic E-state index is 9.20. The van der Waals surface area contributed by atoms with Gasteiger partial charge in [0.15, 0.2) is 0 Å². The second-order valence-electron chi connectivity index (χ2n) is 12.2. The Kier molecular flexibility index (Phi) is 5.14. The molecule has 0 unspecified atom stereocenters. The van der Waals surface area contributed by atoms with Crippen LogP contribution in [0.15, 0.2) is 95.5 Å². The first-order chi connectivity index (χ1) is 22.8. The minimum absolute atomic E-state index is 0.0417. The summed E-state index contributed by atoms with van der Waals surface area (Å²) in [5, 5.41) is 6.41. The summed E-state index contributed by atoms with van der Waals surface area (Å²) in [5.74, 6) is -3.34. The van der Waals surface area contributed by atoms with Crippen LogP contribution in [0.5, 0.6) is 0 Å². The van der Waals surface area contributed by atoms with Crippen molar-refractivity contribution in [3.05, 3.63) is 113 Å². The number of furan rings is 1. The van der Waals surface area contributed by atoms with E-state index in [0.29, 0.717) is 44.7 Å². The van der Waals surface area contributed by atoms with E-state index < -0.39 is 24.5 Å². The normalized spacial score (nSPS) is 15.3. The number of hydrogen-bond donors (Lipinski definition) is 0. The molecule has 5 aromatic carbocycles. The first-order valence-electron chi connectivity index (χ1n) is 17.8. The van der Waals surface area contributed by atoms with E-state index in [9.17, 15) is 2.74 Å². The maximum Gasteiger partial charge on any atom is 0.144 e. The summed E-state index contributed by atoms with van der Waals surface area (Å²) in [4.78, 5) is 4.71. The lowest BCUT2D eigenvalue weighted by molar-refractivity contribution is 0.670. The van der Waals surface area contributed by atoms with Gasteiger partial charge in [0, 0.05) is 30.8 Å². The van der Waals surface area contributed by atoms with E-state index in [-0.39, 0.29) is 5.56 Å². The van der Waals surface area contributed by atoms with E-state index >= 15 is 0 Å². The Hall–Kier alpha value is -4.43. The Morgan fingerprint density at radius 3 is 2.09 bits per heavy atom. The van der Waals surface area contributed by atoms with E-state index in [1.54, 1.807) is 47.6 Å². The van der Waals surface area contributed by atoms with Crippen LogP contribution >= 0.6 is 0 Å². The molecule has 0 amide bonds. The van der Waals surface area contributed by atoms with Crippen molar-refractivity contribution in [2.24, 2.45) is 0 Å². The lowest BCUT2D eigenvalue weighted by Gasteiger charge is -2.24. The standard InChI is InChI=1S/C41H39NO/c1-23(2)29-18-33(24(3)4)40(34(19-29)25(5)6)35-20-38(42-22-26(35)7)32-14-10-13-31-37-17-28-16-15-27-11-8-9-12-30(27)36(28)21-39(37)43-41(31)32/h8-25H,1-7H3/i7D3,23D,24D,25D. The number of benzene rings is 5. The molecule has 0 N–H and O–H groups in total. The summed E-state index contributed by atoms with van der Waals surface area (Å²) in [7, 11) is 0. The Bertz CT molecular complexity index is 2400. The second kappa shape index (κ2) is 10.4. The highest BCUT2D eigenvalue weighted by Crippen LogP contribution is 2.43. The van der Waals surface area contributed by atoms with Crippen LogP contribution in [-0.4, -0.2) is 4.98 Å². The van der Waals surface area contributed by atoms with Gasteiger partial charge in [0.05, 0.1) is 5.69 Å². The molecule has 0 aliphatic rings. The van der Waals surface area contributed by atoms with Crippen molar-refractivity contribution in [2.45, 2.75) is 66.1 Å². The zero-order valence-corrected chi connectivity index (χ0v) is 25.5. The maximum atomic E-state index is 9.20. The Morgan fingerprint density at radius 1 is 0.651 bits per heavy atom. The van der Waals surface area contributed by atoms with Gasteiger partial charge in [0.1, 0.15) is 11.2 Å². The predicted molar refractivity (Wildman–Crippen MR) is 184 cm³/mol. The first-order valence-corrected chi connectivity index (χ1v) is 14.8. The molecular formula is C41H39NO. The van der Waals surface area contributed by atoms with Gasteiger partial charge >= 0.3 is 0 Å². The van der Waals surface area contributed by atoms with E-state index in [1.807, 2.05) is 42.5 Å². The Balaban J connectivity index is 1.53. The minimum Gasteiger partial charge on any atom is -0.455 e. The van der Waals surface area contributed by atoms with Gasteiger partial charge in [0.2, 0.25) is 0 Å². The van der Waals surface area contributed by atoms with Gasteiger partial charge in [-0.05, 0) is 104 Å². The van der Waals surface area contributed by atoms with Crippen molar-refractivity contribution >= 4 is 43.5 Å². The second-order valence-corrected chi connectivity index (χ2v) is 12.2. The minimum atomic E-state index is -2.52. The Morgan fingerprint density at radius 2 is 1.37 bits per heavy atom. The molecule has 0 saturated heterocycles. The molecule has 214 valence electrons. The van der Waals surface area contributed by atoms with E-state index in [1.165, 1.54) is 6.20 Å². The van der Waals surface area contributed by atoms with Crippen LogP contribution in [0.25, 0.3) is 65.9 Å². The number of nitrogens with zero attached hydrogens (tertiary/aromatic N) is 1. The third-order valence-electron chi connectivity index (χ3n) is 8.60. The van der Waals surface area contributed by atoms with Crippen LogP contribution in [0.1, 0.15) is 89.7 Å². The summed E-state index contributed by atoms with van der Waals surface area (Å²) in [6.07, 6.45) is 1.41. The molecule has 0 fully saturated rings. The number of aryl methyl sites for hydroxylation is 1. The fraction of sp³-hybridized carbons (Fsp3) is 0.244. The smallest absolute Gasteiger partial charge is 0.144 e. The predicted octanol–water partition coefficient (Wildman–Crippen LogP) is 12.3. The number of rotatable bonds is 5. The van der Waals surface area contributed by atoms with Gasteiger partial charge in [-0.1, -0.05) is 102 Å². The van der Waals surface area contributed by atoms with Gasteiger partial charge in [-0.25, -0.2) is 0 Å². The molecule has 2 nitrogen and oxygen atoms in total. The van der Waals surface area contributed by atoms with Crippen LogP contribution in [0.2, 0.25) is 0 Å². The molecule has 2 heterocycles. The van der Waals surface area contributed by atoms with Crippen LogP contribution < -0.4 is 0 Å². The number of para-hydroxylation sites is 1. The highest BCUT2D eigenvalue weighted by Gasteiger charge is 2.22. The average Bonchev–Trinajstić information content (AvgIpc) is 3.38. The monoisotopic (exact) mass is 567 g/mol. The largest absolute Gasteiger partial charge is 0.455 e. The molecule has 0 radical (unpaired) electrons. The van der Waals surface area contributed by atoms with Gasteiger partial charge in [-0.3, -0.25) is 4.98 Å². The number of aromatic nitrogens is 1. The van der Waals surface area contributed by atoms with Crippen LogP contribution in [0, 0.1) is 6.85 Å². The fourth-order valence-corrected chi connectivity index (χ4v) is 6.32. The number of fused-ring (bicyclic) bond motifs is 6. The summed E-state index contributed by atoms with van der Waals surface area (Å²) >= 11 is 0. The number of pyridine rings is 1. The molecule has 0 aliphatic heterocycles. The summed E-state index contributed by atoms with van der Waals surface area (Å²) in [5.41, 5.74) is 5.37. The first kappa shape index (κ1) is 21.3. The van der Waals surface area contributed by atoms with Crippen molar-refractivity contribution in [1.82, 2.24) is 4.98 Å². The third-order valence-corrected chi connectivity index (χ3v) is 8.60. The quantitative estimate of drug-likeness (QED) is 0.193. The summed E-state index contributed by atoms with van der Waals surface area (Å²) < 4.78 is 59.4. The van der Waals surface area contributed by atoms with Gasteiger partial charge in [-0.2, -0.15) is 0 Å². The molecule has 7 rings (SSSR count). The lowest BCUT2D eigenvalue weighted by Crippen LogP contribution is -2.05. The SMILES string of the molecule is [2H]C([2H])([2H])c1cnc(-c2cccc3c2oc2cc4c(ccc5ccccc54)cc23)cc1-c1c(C([2H])(C)C)cc(C([2H])(C)C)cc1C([2H])(C)C. The van der Waals surface area contributed by atoms with Gasteiger partial charge in [-0.15, -0.1) is 0 Å². The third kappa shape index (κ3) is 4.52. The highest BCUT2D eigenvalue weighted by atomic mass is 16.3. The highest BCUT2D eigenvalue weighted by molar-refractivity contribution is 6.17. The fourth-order valence-electron chi connectivity index (χ4n) is 6.32. The molecule has 2 aromatic heterocycles. The van der Waals surface area contributed by atoms with Crippen molar-refractivity contribution in [1.29, 1.82) is 0 Å². The zero-order chi connectivity index (χ0) is 35.3. The lowest BCUT2D eigenvalue weighted by atomic mass is 9.81. The van der Waals surface area contributed by atoms with Crippen LogP contribution in [-0.2, 0) is 0 Å². The van der Waals surface area contributed by atoms with E-state index in [0.717, 1.165) is 37.9 Å². The summed E-state index contributed by atoms with van der Waals surface area (Å²) in [6.45, 7) is 8.07. The molecule has 0 spiro atoms. The molecule has 0 bridgehead atoms. The average molecular weight is 568 g/mol. The van der Waals surface area contributed by atoms with Gasteiger partial charge in [0.25, 0.3) is 0 Å². The molecule has 0 aliphatic carbocycles. The molecule has 2 heteroatoms. The van der Waals surface area contributed by atoms with Crippen molar-refractivity contribution < 1.29 is 12.6 Å². The molecule has 43 heavy (non-hydrogen) atoms. The van der Waals surface area contributed by atoms with Gasteiger partial charge < -0.3 is 4.42 Å². The zero-order valence-electron chi connectivity index (χ0n) is 31.5. The van der Waals surface area contributed by atoms with Crippen molar-refractivity contribution in [3.63, 3.8) is 0 Å².